The minimum atomic E-state index is -4.24. The highest BCUT2D eigenvalue weighted by Gasteiger charge is 2.35. The highest BCUT2D eigenvalue weighted by atomic mass is 35.5. The van der Waals surface area contributed by atoms with Crippen LogP contribution in [-0.2, 0) is 32.6 Å². The number of ether oxygens (including phenoxy) is 1. The normalized spacial score (nSPS) is 11.9. The van der Waals surface area contributed by atoms with Gasteiger partial charge in [0.1, 0.15) is 18.3 Å². The Morgan fingerprint density at radius 3 is 2.09 bits per heavy atom. The van der Waals surface area contributed by atoms with Crippen molar-refractivity contribution in [2.75, 3.05) is 24.5 Å². The van der Waals surface area contributed by atoms with Crippen molar-refractivity contribution in [1.82, 2.24) is 10.2 Å². The third-order valence-electron chi connectivity index (χ3n) is 7.22. The Morgan fingerprint density at radius 2 is 1.44 bits per heavy atom. The lowest BCUT2D eigenvalue weighted by Crippen LogP contribution is -2.53. The van der Waals surface area contributed by atoms with Crippen molar-refractivity contribution in [3.05, 3.63) is 125 Å². The Labute approximate surface area is 270 Å². The molecule has 45 heavy (non-hydrogen) atoms. The summed E-state index contributed by atoms with van der Waals surface area (Å²) in [4.78, 5) is 29.8. The van der Waals surface area contributed by atoms with Gasteiger partial charge >= 0.3 is 0 Å². The molecule has 0 fully saturated rings. The molecule has 1 N–H and O–H groups in total. The van der Waals surface area contributed by atoms with E-state index in [2.05, 4.69) is 5.32 Å². The first-order valence-electron chi connectivity index (χ1n) is 14.7. The number of halogens is 1. The quantitative estimate of drug-likeness (QED) is 0.182. The smallest absolute Gasteiger partial charge is 0.264 e. The highest BCUT2D eigenvalue weighted by molar-refractivity contribution is 7.92. The van der Waals surface area contributed by atoms with Crippen LogP contribution in [0.1, 0.15) is 25.0 Å². The van der Waals surface area contributed by atoms with Gasteiger partial charge in [0.2, 0.25) is 11.8 Å². The molecule has 0 spiro atoms. The topological polar surface area (TPSA) is 96.0 Å². The van der Waals surface area contributed by atoms with Crippen molar-refractivity contribution in [3.63, 3.8) is 0 Å². The molecule has 0 aromatic heterocycles. The molecule has 0 aliphatic heterocycles. The van der Waals surface area contributed by atoms with E-state index in [-0.39, 0.29) is 41.1 Å². The number of anilines is 1. The summed E-state index contributed by atoms with van der Waals surface area (Å²) in [6, 6.07) is 30.0. The predicted molar refractivity (Wildman–Crippen MR) is 178 cm³/mol. The zero-order valence-corrected chi connectivity index (χ0v) is 27.2. The van der Waals surface area contributed by atoms with Crippen LogP contribution in [0, 0.1) is 5.92 Å². The fourth-order valence-electron chi connectivity index (χ4n) is 4.86. The Bertz CT molecular complexity index is 1680. The summed E-state index contributed by atoms with van der Waals surface area (Å²) in [5.41, 5.74) is 1.66. The van der Waals surface area contributed by atoms with E-state index in [1.807, 2.05) is 44.2 Å². The Balaban J connectivity index is 1.83. The van der Waals surface area contributed by atoms with Gasteiger partial charge in [0.25, 0.3) is 10.0 Å². The van der Waals surface area contributed by atoms with Gasteiger partial charge in [0.15, 0.2) is 0 Å². The van der Waals surface area contributed by atoms with Crippen molar-refractivity contribution >= 4 is 39.1 Å². The van der Waals surface area contributed by atoms with Gasteiger partial charge < -0.3 is 15.0 Å². The minimum absolute atomic E-state index is 0.0110. The summed E-state index contributed by atoms with van der Waals surface area (Å²) in [5, 5.41) is 3.41. The predicted octanol–water partition coefficient (Wildman–Crippen LogP) is 5.96. The van der Waals surface area contributed by atoms with Crippen molar-refractivity contribution in [1.29, 1.82) is 0 Å². The molecule has 0 saturated heterocycles. The van der Waals surface area contributed by atoms with Crippen molar-refractivity contribution in [2.24, 2.45) is 5.92 Å². The van der Waals surface area contributed by atoms with Crippen LogP contribution in [0.15, 0.2) is 114 Å². The fourth-order valence-corrected chi connectivity index (χ4v) is 6.50. The van der Waals surface area contributed by atoms with Crippen molar-refractivity contribution in [2.45, 2.75) is 37.8 Å². The Morgan fingerprint density at radius 1 is 0.844 bits per heavy atom. The molecule has 10 heteroatoms. The van der Waals surface area contributed by atoms with Crippen LogP contribution in [0.2, 0.25) is 5.02 Å². The molecule has 4 rings (SSSR count). The van der Waals surface area contributed by atoms with E-state index in [1.54, 1.807) is 66.7 Å². The lowest BCUT2D eigenvalue weighted by atomic mass is 10.0. The number of rotatable bonds is 14. The second kappa shape index (κ2) is 15.6. The molecule has 1 unspecified atom stereocenters. The van der Waals surface area contributed by atoms with Gasteiger partial charge in [-0.2, -0.15) is 0 Å². The number of methoxy groups -OCH3 is 1. The molecule has 0 bridgehead atoms. The number of hydrogen-bond donors (Lipinski definition) is 1. The van der Waals surface area contributed by atoms with Gasteiger partial charge in [-0.25, -0.2) is 8.42 Å². The van der Waals surface area contributed by atoms with E-state index in [4.69, 9.17) is 16.3 Å². The molecule has 236 valence electrons. The minimum Gasteiger partial charge on any atom is -0.495 e. The summed E-state index contributed by atoms with van der Waals surface area (Å²) >= 11 is 6.55. The van der Waals surface area contributed by atoms with Gasteiger partial charge in [0, 0.05) is 24.5 Å². The van der Waals surface area contributed by atoms with Crippen molar-refractivity contribution < 1.29 is 22.7 Å². The van der Waals surface area contributed by atoms with Crippen LogP contribution in [-0.4, -0.2) is 51.4 Å². The fraction of sp³-hybridized carbons (Fsp3) is 0.257. The van der Waals surface area contributed by atoms with Crippen molar-refractivity contribution in [3.8, 4) is 5.75 Å². The van der Waals surface area contributed by atoms with Gasteiger partial charge in [-0.3, -0.25) is 13.9 Å². The second-order valence-corrected chi connectivity index (χ2v) is 13.2. The Kier molecular flexibility index (Phi) is 11.6. The Hall–Kier alpha value is -4.34. The van der Waals surface area contributed by atoms with E-state index >= 15 is 0 Å². The van der Waals surface area contributed by atoms with E-state index in [9.17, 15) is 18.0 Å². The standard InChI is InChI=1S/C35H38ClN3O5S/c1-26(2)23-37-35(41)32(22-27-14-6-4-7-15-27)38(24-28-16-10-11-19-30(28)36)34(40)25-39(31-20-12-13-21-33(31)44-3)45(42,43)29-17-8-5-9-18-29/h4-21,26,32H,22-25H2,1-3H3,(H,37,41). The maximum atomic E-state index is 14.6. The maximum absolute atomic E-state index is 14.6. The van der Waals surface area contributed by atoms with E-state index in [0.717, 1.165) is 9.87 Å². The zero-order chi connectivity index (χ0) is 32.4. The summed E-state index contributed by atoms with van der Waals surface area (Å²) < 4.78 is 34.8. The summed E-state index contributed by atoms with van der Waals surface area (Å²) in [5.74, 6) is -0.474. The van der Waals surface area contributed by atoms with Crippen LogP contribution in [0.4, 0.5) is 5.69 Å². The molecule has 0 heterocycles. The number of benzene rings is 4. The van der Waals surface area contributed by atoms with Gasteiger partial charge in [-0.05, 0) is 47.4 Å². The van der Waals surface area contributed by atoms with Gasteiger partial charge in [-0.15, -0.1) is 0 Å². The third-order valence-corrected chi connectivity index (χ3v) is 9.36. The van der Waals surface area contributed by atoms with E-state index in [0.29, 0.717) is 17.1 Å². The van der Waals surface area contributed by atoms with Crippen LogP contribution >= 0.6 is 11.6 Å². The van der Waals surface area contributed by atoms with E-state index in [1.165, 1.54) is 24.1 Å². The average Bonchev–Trinajstić information content (AvgIpc) is 3.05. The van der Waals surface area contributed by atoms with Crippen LogP contribution in [0.25, 0.3) is 0 Å². The molecule has 8 nitrogen and oxygen atoms in total. The summed E-state index contributed by atoms with van der Waals surface area (Å²) in [6.07, 6.45) is 0.209. The first-order valence-corrected chi connectivity index (χ1v) is 16.5. The second-order valence-electron chi connectivity index (χ2n) is 11.0. The SMILES string of the molecule is COc1ccccc1N(CC(=O)N(Cc1ccccc1Cl)C(Cc1ccccc1)C(=O)NCC(C)C)S(=O)(=O)c1ccccc1. The number of carbonyl (C=O) groups is 2. The lowest BCUT2D eigenvalue weighted by molar-refractivity contribution is -0.140. The third kappa shape index (κ3) is 8.65. The molecule has 0 aliphatic rings. The zero-order valence-electron chi connectivity index (χ0n) is 25.6. The average molecular weight is 648 g/mol. The van der Waals surface area contributed by atoms with Crippen LogP contribution in [0.3, 0.4) is 0 Å². The molecule has 4 aromatic rings. The largest absolute Gasteiger partial charge is 0.495 e. The molecular weight excluding hydrogens is 610 g/mol. The number of para-hydroxylation sites is 2. The molecule has 0 saturated carbocycles. The molecule has 4 aromatic carbocycles. The molecule has 2 amide bonds. The van der Waals surface area contributed by atoms with E-state index < -0.39 is 28.5 Å². The monoisotopic (exact) mass is 647 g/mol. The van der Waals surface area contributed by atoms with Crippen LogP contribution < -0.4 is 14.4 Å². The number of nitrogens with one attached hydrogen (secondary N) is 1. The lowest BCUT2D eigenvalue weighted by Gasteiger charge is -2.34. The number of nitrogens with zero attached hydrogens (tertiary/aromatic N) is 2. The van der Waals surface area contributed by atoms with Gasteiger partial charge in [0.05, 0.1) is 17.7 Å². The number of amides is 2. The maximum Gasteiger partial charge on any atom is 0.264 e. The first kappa shape index (κ1) is 33.6. The molecule has 0 radical (unpaired) electrons. The number of carbonyl (C=O) groups excluding carboxylic acids is 2. The van der Waals surface area contributed by atoms with Crippen LogP contribution in [0.5, 0.6) is 5.75 Å². The number of sulfonamides is 1. The number of hydrogen-bond acceptors (Lipinski definition) is 5. The highest BCUT2D eigenvalue weighted by Crippen LogP contribution is 2.33. The first-order chi connectivity index (χ1) is 21.6. The summed E-state index contributed by atoms with van der Waals surface area (Å²) in [6.45, 7) is 3.77. The molecule has 1 atom stereocenters. The molecular formula is C35H38ClN3O5S. The van der Waals surface area contributed by atoms with Gasteiger partial charge in [-0.1, -0.05) is 104 Å². The summed E-state index contributed by atoms with van der Waals surface area (Å²) in [7, 11) is -2.81. The molecule has 0 aliphatic carbocycles.